The van der Waals surface area contributed by atoms with Gasteiger partial charge in [-0.05, 0) is 25.0 Å². The van der Waals surface area contributed by atoms with Gasteiger partial charge in [0.1, 0.15) is 11.8 Å². The molecule has 0 saturated heterocycles. The van der Waals surface area contributed by atoms with Crippen LogP contribution in [0, 0.1) is 0 Å². The Kier molecular flexibility index (Phi) is 6.52. The lowest BCUT2D eigenvalue weighted by atomic mass is 10.1. The molecule has 1 atom stereocenters. The molecule has 1 rings (SSSR count). The summed E-state index contributed by atoms with van der Waals surface area (Å²) < 4.78 is 5.44. The van der Waals surface area contributed by atoms with E-state index in [0.29, 0.717) is 13.0 Å². The summed E-state index contributed by atoms with van der Waals surface area (Å²) in [6.07, 6.45) is 0.577. The molecule has 20 heavy (non-hydrogen) atoms. The number of rotatable bonds is 8. The van der Waals surface area contributed by atoms with Gasteiger partial charge in [-0.25, -0.2) is 4.79 Å². The van der Waals surface area contributed by atoms with E-state index in [1.807, 2.05) is 31.2 Å². The molecule has 0 radical (unpaired) electrons. The number of carboxylic acid groups (broad SMARTS) is 1. The van der Waals surface area contributed by atoms with Crippen molar-refractivity contribution in [3.8, 4) is 5.75 Å². The van der Waals surface area contributed by atoms with Crippen molar-refractivity contribution in [2.45, 2.75) is 25.8 Å². The summed E-state index contributed by atoms with van der Waals surface area (Å²) in [7, 11) is 0. The van der Waals surface area contributed by atoms with Gasteiger partial charge in [-0.3, -0.25) is 4.79 Å². The molecule has 3 N–H and O–H groups in total. The smallest absolute Gasteiger partial charge is 0.328 e. The molecule has 0 aliphatic rings. The van der Waals surface area contributed by atoms with Gasteiger partial charge in [-0.15, -0.1) is 0 Å². The molecule has 0 fully saturated rings. The van der Waals surface area contributed by atoms with Crippen molar-refractivity contribution < 1.29 is 24.5 Å². The van der Waals surface area contributed by atoms with Crippen molar-refractivity contribution in [1.82, 2.24) is 5.32 Å². The highest BCUT2D eigenvalue weighted by atomic mass is 16.5. The second-order valence-corrected chi connectivity index (χ2v) is 4.18. The molecule has 0 saturated carbocycles. The van der Waals surface area contributed by atoms with Gasteiger partial charge in [0.2, 0.25) is 5.91 Å². The number of hydrogen-bond donors (Lipinski definition) is 3. The van der Waals surface area contributed by atoms with Gasteiger partial charge in [-0.1, -0.05) is 18.2 Å². The predicted molar refractivity (Wildman–Crippen MR) is 72.6 cm³/mol. The van der Waals surface area contributed by atoms with Gasteiger partial charge in [0.05, 0.1) is 13.2 Å². The fourth-order valence-electron chi connectivity index (χ4n) is 1.71. The van der Waals surface area contributed by atoms with Crippen molar-refractivity contribution in [2.75, 3.05) is 13.2 Å². The van der Waals surface area contributed by atoms with Crippen molar-refractivity contribution >= 4 is 11.9 Å². The highest BCUT2D eigenvalue weighted by molar-refractivity contribution is 5.83. The summed E-state index contributed by atoms with van der Waals surface area (Å²) in [6, 6.07) is 6.12. The molecule has 6 heteroatoms. The van der Waals surface area contributed by atoms with E-state index < -0.39 is 24.5 Å². The van der Waals surface area contributed by atoms with Crippen molar-refractivity contribution in [3.63, 3.8) is 0 Å². The topological polar surface area (TPSA) is 95.9 Å². The Morgan fingerprint density at radius 1 is 1.35 bits per heavy atom. The van der Waals surface area contributed by atoms with Gasteiger partial charge in [0.25, 0.3) is 0 Å². The third-order valence-electron chi connectivity index (χ3n) is 2.71. The molecule has 6 nitrogen and oxygen atoms in total. The highest BCUT2D eigenvalue weighted by Gasteiger charge is 2.18. The first-order valence-corrected chi connectivity index (χ1v) is 6.42. The SMILES string of the molecule is CCOc1ccccc1CCC(=O)N[C@H](CO)C(=O)O. The quantitative estimate of drug-likeness (QED) is 0.648. The molecule has 1 aromatic carbocycles. The van der Waals surface area contributed by atoms with E-state index in [1.54, 1.807) is 0 Å². The van der Waals surface area contributed by atoms with E-state index in [4.69, 9.17) is 14.9 Å². The number of amides is 1. The first-order chi connectivity index (χ1) is 9.58. The number of carboxylic acids is 1. The number of benzene rings is 1. The number of para-hydroxylation sites is 1. The minimum Gasteiger partial charge on any atom is -0.494 e. The maximum Gasteiger partial charge on any atom is 0.328 e. The summed E-state index contributed by atoms with van der Waals surface area (Å²) >= 11 is 0. The number of carbonyl (C=O) groups excluding carboxylic acids is 1. The maximum atomic E-state index is 11.6. The Labute approximate surface area is 117 Å². The number of carbonyl (C=O) groups is 2. The normalized spacial score (nSPS) is 11.7. The number of aliphatic hydroxyl groups excluding tert-OH is 1. The molecular weight excluding hydrogens is 262 g/mol. The molecule has 0 spiro atoms. The second kappa shape index (κ2) is 8.16. The van der Waals surface area contributed by atoms with E-state index in [0.717, 1.165) is 11.3 Å². The Bertz CT molecular complexity index is 461. The number of nitrogens with one attached hydrogen (secondary N) is 1. The highest BCUT2D eigenvalue weighted by Crippen LogP contribution is 2.19. The van der Waals surface area contributed by atoms with Crippen LogP contribution in [-0.4, -0.2) is 41.3 Å². The van der Waals surface area contributed by atoms with Crippen LogP contribution >= 0.6 is 0 Å². The average Bonchev–Trinajstić information content (AvgIpc) is 2.43. The Morgan fingerprint density at radius 3 is 2.65 bits per heavy atom. The zero-order valence-corrected chi connectivity index (χ0v) is 11.3. The van der Waals surface area contributed by atoms with Gasteiger partial charge < -0.3 is 20.3 Å². The van der Waals surface area contributed by atoms with E-state index in [2.05, 4.69) is 5.32 Å². The third kappa shape index (κ3) is 4.89. The summed E-state index contributed by atoms with van der Waals surface area (Å²) in [5.74, 6) is -0.951. The lowest BCUT2D eigenvalue weighted by Crippen LogP contribution is -2.43. The van der Waals surface area contributed by atoms with Gasteiger partial charge in [0.15, 0.2) is 0 Å². The number of hydrogen-bond acceptors (Lipinski definition) is 4. The first kappa shape index (κ1) is 16.0. The van der Waals surface area contributed by atoms with Gasteiger partial charge in [-0.2, -0.15) is 0 Å². The van der Waals surface area contributed by atoms with E-state index in [-0.39, 0.29) is 6.42 Å². The lowest BCUT2D eigenvalue weighted by molar-refractivity contribution is -0.142. The summed E-state index contributed by atoms with van der Waals surface area (Å²) in [6.45, 7) is 1.79. The van der Waals surface area contributed by atoms with Crippen LogP contribution in [0.15, 0.2) is 24.3 Å². The first-order valence-electron chi connectivity index (χ1n) is 6.42. The van der Waals surface area contributed by atoms with Crippen molar-refractivity contribution in [2.24, 2.45) is 0 Å². The molecular formula is C14H19NO5. The van der Waals surface area contributed by atoms with Crippen LogP contribution in [0.5, 0.6) is 5.75 Å². The summed E-state index contributed by atoms with van der Waals surface area (Å²) in [4.78, 5) is 22.3. The standard InChI is InChI=1S/C14H19NO5/c1-2-20-12-6-4-3-5-10(12)7-8-13(17)15-11(9-16)14(18)19/h3-6,11,16H,2,7-9H2,1H3,(H,15,17)(H,18,19)/t11-/m1/s1. The van der Waals surface area contributed by atoms with Crippen LogP contribution in [0.25, 0.3) is 0 Å². The molecule has 0 bridgehead atoms. The van der Waals surface area contributed by atoms with Crippen LogP contribution in [0.3, 0.4) is 0 Å². The molecule has 0 heterocycles. The van der Waals surface area contributed by atoms with Gasteiger partial charge in [0, 0.05) is 6.42 Å². The zero-order chi connectivity index (χ0) is 15.0. The van der Waals surface area contributed by atoms with Crippen molar-refractivity contribution in [1.29, 1.82) is 0 Å². The Morgan fingerprint density at radius 2 is 2.05 bits per heavy atom. The number of aryl methyl sites for hydroxylation is 1. The van der Waals surface area contributed by atoms with Crippen LogP contribution in [0.4, 0.5) is 0 Å². The van der Waals surface area contributed by atoms with Crippen LogP contribution in [0.1, 0.15) is 18.9 Å². The van der Waals surface area contributed by atoms with Crippen molar-refractivity contribution in [3.05, 3.63) is 29.8 Å². The summed E-state index contributed by atoms with van der Waals surface area (Å²) in [5.41, 5.74) is 0.889. The minimum absolute atomic E-state index is 0.133. The van der Waals surface area contributed by atoms with E-state index in [1.165, 1.54) is 0 Å². The molecule has 1 aromatic rings. The lowest BCUT2D eigenvalue weighted by Gasteiger charge is -2.12. The number of ether oxygens (including phenoxy) is 1. The maximum absolute atomic E-state index is 11.6. The largest absolute Gasteiger partial charge is 0.494 e. The molecule has 0 aliphatic carbocycles. The predicted octanol–water partition coefficient (Wildman–Crippen LogP) is 0.580. The fourth-order valence-corrected chi connectivity index (χ4v) is 1.71. The van der Waals surface area contributed by atoms with Gasteiger partial charge >= 0.3 is 5.97 Å². The number of aliphatic carboxylic acids is 1. The molecule has 0 aromatic heterocycles. The average molecular weight is 281 g/mol. The minimum atomic E-state index is -1.26. The number of aliphatic hydroxyl groups is 1. The van der Waals surface area contributed by atoms with E-state index in [9.17, 15) is 9.59 Å². The van der Waals surface area contributed by atoms with Crippen LogP contribution in [0.2, 0.25) is 0 Å². The Balaban J connectivity index is 2.54. The zero-order valence-electron chi connectivity index (χ0n) is 11.3. The Hall–Kier alpha value is -2.08. The molecule has 110 valence electrons. The third-order valence-corrected chi connectivity index (χ3v) is 2.71. The van der Waals surface area contributed by atoms with Crippen LogP contribution < -0.4 is 10.1 Å². The van der Waals surface area contributed by atoms with E-state index >= 15 is 0 Å². The molecule has 0 aliphatic heterocycles. The fraction of sp³-hybridized carbons (Fsp3) is 0.429. The van der Waals surface area contributed by atoms with Crippen LogP contribution in [-0.2, 0) is 16.0 Å². The summed E-state index contributed by atoms with van der Waals surface area (Å²) in [5, 5.41) is 19.8. The molecule has 1 amide bonds. The molecule has 0 unspecified atom stereocenters. The monoisotopic (exact) mass is 281 g/mol. The second-order valence-electron chi connectivity index (χ2n) is 4.18.